The van der Waals surface area contributed by atoms with Gasteiger partial charge in [-0.05, 0) is 23.8 Å². The molecule has 2 aromatic carbocycles. The Morgan fingerprint density at radius 3 is 2.54 bits per heavy atom. The van der Waals surface area contributed by atoms with E-state index < -0.39 is 5.97 Å². The fourth-order valence-electron chi connectivity index (χ4n) is 2.52. The van der Waals surface area contributed by atoms with E-state index in [-0.39, 0.29) is 5.69 Å². The van der Waals surface area contributed by atoms with Crippen LogP contribution in [0.15, 0.2) is 60.7 Å². The molecule has 0 atom stereocenters. The SMILES string of the molecule is COC(=O)c1cc(Cc2ccccc2)n(-c2cccc(OC)c2)n1. The maximum absolute atomic E-state index is 11.9. The molecule has 24 heavy (non-hydrogen) atoms. The summed E-state index contributed by atoms with van der Waals surface area (Å²) in [5.41, 5.74) is 3.15. The van der Waals surface area contributed by atoms with Gasteiger partial charge in [0.2, 0.25) is 0 Å². The summed E-state index contributed by atoms with van der Waals surface area (Å²) in [4.78, 5) is 11.9. The number of rotatable bonds is 5. The molecule has 0 unspecified atom stereocenters. The Labute approximate surface area is 140 Å². The van der Waals surface area contributed by atoms with E-state index in [0.717, 1.165) is 22.7 Å². The van der Waals surface area contributed by atoms with Crippen LogP contribution < -0.4 is 4.74 Å². The van der Waals surface area contributed by atoms with Gasteiger partial charge in [0, 0.05) is 18.2 Å². The summed E-state index contributed by atoms with van der Waals surface area (Å²) in [6.07, 6.45) is 0.655. The van der Waals surface area contributed by atoms with Gasteiger partial charge in [0.15, 0.2) is 5.69 Å². The van der Waals surface area contributed by atoms with Crippen molar-refractivity contribution in [2.75, 3.05) is 14.2 Å². The summed E-state index contributed by atoms with van der Waals surface area (Å²) in [7, 11) is 2.97. The summed E-state index contributed by atoms with van der Waals surface area (Å²) < 4.78 is 11.8. The summed E-state index contributed by atoms with van der Waals surface area (Å²) in [6, 6.07) is 19.4. The normalized spacial score (nSPS) is 10.4. The Morgan fingerprint density at radius 1 is 1.04 bits per heavy atom. The third-order valence-electron chi connectivity index (χ3n) is 3.70. The van der Waals surface area contributed by atoms with Gasteiger partial charge in [-0.2, -0.15) is 5.10 Å². The number of carbonyl (C=O) groups is 1. The van der Waals surface area contributed by atoms with Gasteiger partial charge in [0.05, 0.1) is 19.9 Å². The lowest BCUT2D eigenvalue weighted by Gasteiger charge is -2.09. The highest BCUT2D eigenvalue weighted by molar-refractivity contribution is 5.87. The third kappa shape index (κ3) is 3.30. The Morgan fingerprint density at radius 2 is 1.83 bits per heavy atom. The molecule has 0 fully saturated rings. The van der Waals surface area contributed by atoms with E-state index in [1.54, 1.807) is 17.9 Å². The summed E-state index contributed by atoms with van der Waals surface area (Å²) >= 11 is 0. The van der Waals surface area contributed by atoms with E-state index in [1.165, 1.54) is 7.11 Å². The highest BCUT2D eigenvalue weighted by Crippen LogP contribution is 2.20. The fraction of sp³-hybridized carbons (Fsp3) is 0.158. The minimum Gasteiger partial charge on any atom is -0.497 e. The lowest BCUT2D eigenvalue weighted by atomic mass is 10.1. The number of carbonyl (C=O) groups excluding carboxylic acids is 1. The zero-order chi connectivity index (χ0) is 16.9. The summed E-state index contributed by atoms with van der Waals surface area (Å²) in [5.74, 6) is 0.277. The predicted molar refractivity (Wildman–Crippen MR) is 90.7 cm³/mol. The second-order valence-electron chi connectivity index (χ2n) is 5.29. The molecule has 122 valence electrons. The van der Waals surface area contributed by atoms with Crippen molar-refractivity contribution in [3.63, 3.8) is 0 Å². The van der Waals surface area contributed by atoms with Crippen molar-refractivity contribution in [1.82, 2.24) is 9.78 Å². The molecule has 3 rings (SSSR count). The maximum atomic E-state index is 11.9. The number of aromatic nitrogens is 2. The average molecular weight is 322 g/mol. The zero-order valence-electron chi connectivity index (χ0n) is 13.6. The third-order valence-corrected chi connectivity index (χ3v) is 3.70. The van der Waals surface area contributed by atoms with Gasteiger partial charge in [-0.15, -0.1) is 0 Å². The molecule has 0 N–H and O–H groups in total. The number of ether oxygens (including phenoxy) is 2. The van der Waals surface area contributed by atoms with Crippen LogP contribution in [0.3, 0.4) is 0 Å². The number of nitrogens with zero attached hydrogens (tertiary/aromatic N) is 2. The van der Waals surface area contributed by atoms with Crippen molar-refractivity contribution in [3.05, 3.63) is 77.6 Å². The van der Waals surface area contributed by atoms with E-state index >= 15 is 0 Å². The minimum absolute atomic E-state index is 0.284. The molecule has 0 bridgehead atoms. The molecule has 0 spiro atoms. The van der Waals surface area contributed by atoms with Crippen LogP contribution in [-0.4, -0.2) is 30.0 Å². The number of esters is 1. The van der Waals surface area contributed by atoms with Crippen molar-refractivity contribution in [2.45, 2.75) is 6.42 Å². The zero-order valence-corrected chi connectivity index (χ0v) is 13.6. The summed E-state index contributed by atoms with van der Waals surface area (Å²) in [5, 5.41) is 4.41. The van der Waals surface area contributed by atoms with Gasteiger partial charge in [0.1, 0.15) is 5.75 Å². The lowest BCUT2D eigenvalue weighted by Crippen LogP contribution is -2.05. The van der Waals surface area contributed by atoms with Crippen molar-refractivity contribution < 1.29 is 14.3 Å². The smallest absolute Gasteiger partial charge is 0.358 e. The standard InChI is InChI=1S/C19H18N2O3/c1-23-17-10-6-9-15(12-17)21-16(11-14-7-4-3-5-8-14)13-18(20-21)19(22)24-2/h3-10,12-13H,11H2,1-2H3. The second-order valence-corrected chi connectivity index (χ2v) is 5.29. The molecular formula is C19H18N2O3. The topological polar surface area (TPSA) is 53.4 Å². The van der Waals surface area contributed by atoms with Crippen LogP contribution in [0.25, 0.3) is 5.69 Å². The van der Waals surface area contributed by atoms with E-state index in [0.29, 0.717) is 6.42 Å². The largest absolute Gasteiger partial charge is 0.497 e. The van der Waals surface area contributed by atoms with Gasteiger partial charge in [-0.25, -0.2) is 9.48 Å². The van der Waals surface area contributed by atoms with Crippen LogP contribution in [0.5, 0.6) is 5.75 Å². The molecule has 0 aliphatic heterocycles. The van der Waals surface area contributed by atoms with Gasteiger partial charge < -0.3 is 9.47 Å². The molecule has 3 aromatic rings. The molecule has 0 amide bonds. The molecule has 5 nitrogen and oxygen atoms in total. The van der Waals surface area contributed by atoms with Crippen molar-refractivity contribution >= 4 is 5.97 Å². The molecule has 1 heterocycles. The van der Waals surface area contributed by atoms with Crippen LogP contribution in [0, 0.1) is 0 Å². The molecule has 0 saturated carbocycles. The highest BCUT2D eigenvalue weighted by atomic mass is 16.5. The first-order chi connectivity index (χ1) is 11.7. The first-order valence-corrected chi connectivity index (χ1v) is 7.57. The monoisotopic (exact) mass is 322 g/mol. The van der Waals surface area contributed by atoms with Crippen LogP contribution >= 0.6 is 0 Å². The number of benzene rings is 2. The van der Waals surface area contributed by atoms with Crippen molar-refractivity contribution in [2.24, 2.45) is 0 Å². The Bertz CT molecular complexity index is 841. The van der Waals surface area contributed by atoms with Crippen LogP contribution in [0.2, 0.25) is 0 Å². The van der Waals surface area contributed by atoms with Crippen LogP contribution in [-0.2, 0) is 11.2 Å². The fourth-order valence-corrected chi connectivity index (χ4v) is 2.52. The maximum Gasteiger partial charge on any atom is 0.358 e. The van der Waals surface area contributed by atoms with Gasteiger partial charge in [-0.1, -0.05) is 36.4 Å². The Balaban J connectivity index is 2.05. The minimum atomic E-state index is -0.453. The average Bonchev–Trinajstić information content (AvgIpc) is 3.05. The quantitative estimate of drug-likeness (QED) is 0.677. The number of hydrogen-bond acceptors (Lipinski definition) is 4. The van der Waals surface area contributed by atoms with Crippen LogP contribution in [0.1, 0.15) is 21.7 Å². The van der Waals surface area contributed by atoms with Gasteiger partial charge in [-0.3, -0.25) is 0 Å². The molecule has 1 aromatic heterocycles. The Kier molecular flexibility index (Phi) is 4.61. The van der Waals surface area contributed by atoms with E-state index in [2.05, 4.69) is 5.10 Å². The molecular weight excluding hydrogens is 304 g/mol. The predicted octanol–water partition coefficient (Wildman–Crippen LogP) is 3.26. The Hall–Kier alpha value is -3.08. The lowest BCUT2D eigenvalue weighted by molar-refractivity contribution is 0.0593. The van der Waals surface area contributed by atoms with E-state index in [9.17, 15) is 4.79 Å². The molecule has 5 heteroatoms. The molecule has 0 aliphatic rings. The van der Waals surface area contributed by atoms with Gasteiger partial charge >= 0.3 is 5.97 Å². The van der Waals surface area contributed by atoms with Gasteiger partial charge in [0.25, 0.3) is 0 Å². The van der Waals surface area contributed by atoms with Crippen LogP contribution in [0.4, 0.5) is 0 Å². The molecule has 0 aliphatic carbocycles. The highest BCUT2D eigenvalue weighted by Gasteiger charge is 2.16. The number of hydrogen-bond donors (Lipinski definition) is 0. The van der Waals surface area contributed by atoms with E-state index in [4.69, 9.17) is 9.47 Å². The van der Waals surface area contributed by atoms with E-state index in [1.807, 2.05) is 54.6 Å². The first-order valence-electron chi connectivity index (χ1n) is 7.57. The van der Waals surface area contributed by atoms with Crippen molar-refractivity contribution in [3.8, 4) is 11.4 Å². The summed E-state index contributed by atoms with van der Waals surface area (Å²) in [6.45, 7) is 0. The molecule has 0 radical (unpaired) electrons. The molecule has 0 saturated heterocycles. The second kappa shape index (κ2) is 7.00. The number of methoxy groups -OCH3 is 2. The first kappa shape index (κ1) is 15.8. The van der Waals surface area contributed by atoms with Crippen molar-refractivity contribution in [1.29, 1.82) is 0 Å².